The molecule has 0 bridgehead atoms. The minimum atomic E-state index is -0.423. The molecule has 0 saturated carbocycles. The van der Waals surface area contributed by atoms with Gasteiger partial charge in [0.15, 0.2) is 11.0 Å². The third-order valence-electron chi connectivity index (χ3n) is 5.90. The van der Waals surface area contributed by atoms with Crippen LogP contribution in [0.5, 0.6) is 5.75 Å². The van der Waals surface area contributed by atoms with E-state index in [1.54, 1.807) is 6.08 Å². The van der Waals surface area contributed by atoms with Gasteiger partial charge in [-0.25, -0.2) is 0 Å². The summed E-state index contributed by atoms with van der Waals surface area (Å²) < 4.78 is 13.1. The number of hydrogen-bond acceptors (Lipinski definition) is 7. The fourth-order valence-electron chi connectivity index (χ4n) is 4.21. The van der Waals surface area contributed by atoms with Crippen LogP contribution in [0.4, 0.5) is 0 Å². The zero-order chi connectivity index (χ0) is 23.8. The van der Waals surface area contributed by atoms with Gasteiger partial charge in [0.05, 0.1) is 25.4 Å². The molecule has 4 heterocycles. The van der Waals surface area contributed by atoms with Crippen molar-refractivity contribution >= 4 is 39.9 Å². The minimum absolute atomic E-state index is 0.0385. The molecule has 1 aromatic heterocycles. The monoisotopic (exact) mass is 478 g/mol. The number of amides is 1. The smallest absolute Gasteiger partial charge is 0.283 e. The van der Waals surface area contributed by atoms with E-state index in [1.165, 1.54) is 16.8 Å². The largest absolute Gasteiger partial charge is 0.494 e. The van der Waals surface area contributed by atoms with Crippen LogP contribution in [-0.2, 0) is 9.53 Å². The van der Waals surface area contributed by atoms with Crippen LogP contribution in [0.15, 0.2) is 46.0 Å². The number of carbonyl (C=O) groups is 1. The lowest BCUT2D eigenvalue weighted by Crippen LogP contribution is -2.39. The van der Waals surface area contributed by atoms with Gasteiger partial charge in [-0.1, -0.05) is 0 Å². The van der Waals surface area contributed by atoms with Crippen molar-refractivity contribution < 1.29 is 14.3 Å². The molecule has 0 spiro atoms. The van der Waals surface area contributed by atoms with Gasteiger partial charge < -0.3 is 18.9 Å². The number of hydrogen-bond donors (Lipinski definition) is 1. The van der Waals surface area contributed by atoms with Crippen molar-refractivity contribution in [3.05, 3.63) is 52.9 Å². The summed E-state index contributed by atoms with van der Waals surface area (Å²) in [5.74, 6) is 0.441. The van der Waals surface area contributed by atoms with Crippen LogP contribution in [-0.4, -0.2) is 69.5 Å². The first-order valence-corrected chi connectivity index (χ1v) is 12.0. The predicted octanol–water partition coefficient (Wildman–Crippen LogP) is 3.40. The van der Waals surface area contributed by atoms with E-state index in [0.717, 1.165) is 46.6 Å². The van der Waals surface area contributed by atoms with E-state index in [9.17, 15) is 4.79 Å². The van der Waals surface area contributed by atoms with Gasteiger partial charge >= 0.3 is 0 Å². The molecular formula is C24H26N6O3S. The number of benzene rings is 1. The molecule has 0 aliphatic carbocycles. The van der Waals surface area contributed by atoms with Gasteiger partial charge in [0, 0.05) is 30.2 Å². The van der Waals surface area contributed by atoms with Crippen LogP contribution < -0.4 is 4.74 Å². The number of carbonyl (C=O) groups excluding carboxylic acids is 1. The van der Waals surface area contributed by atoms with Crippen molar-refractivity contribution in [2.24, 2.45) is 10.1 Å². The first kappa shape index (κ1) is 22.4. The maximum absolute atomic E-state index is 12.9. The molecular weight excluding hydrogens is 452 g/mol. The Morgan fingerprint density at radius 3 is 2.62 bits per heavy atom. The fraction of sp³-hybridized carbons (Fsp3) is 0.333. The van der Waals surface area contributed by atoms with E-state index in [0.29, 0.717) is 25.0 Å². The molecule has 3 aliphatic heterocycles. The quantitative estimate of drug-likeness (QED) is 0.677. The third kappa shape index (κ3) is 4.03. The Morgan fingerprint density at radius 2 is 1.91 bits per heavy atom. The molecule has 176 valence electrons. The SMILES string of the molecule is CCOc1ccc(-n2c(C)cc(/C=C3\C(=N)N4N=C(N5CCOCC5)SC4=NC3=O)c2C)cc1. The molecule has 2 aromatic rings. The van der Waals surface area contributed by atoms with Crippen molar-refractivity contribution in [2.45, 2.75) is 20.8 Å². The number of amidine groups is 3. The maximum Gasteiger partial charge on any atom is 0.283 e. The molecule has 1 fully saturated rings. The van der Waals surface area contributed by atoms with Gasteiger partial charge in [-0.2, -0.15) is 10.0 Å². The summed E-state index contributed by atoms with van der Waals surface area (Å²) >= 11 is 1.32. The number of hydrazone groups is 1. The molecule has 9 nitrogen and oxygen atoms in total. The maximum atomic E-state index is 12.9. The van der Waals surface area contributed by atoms with E-state index >= 15 is 0 Å². The van der Waals surface area contributed by atoms with E-state index in [-0.39, 0.29) is 11.4 Å². The molecule has 1 N–H and O–H groups in total. The van der Waals surface area contributed by atoms with Gasteiger partial charge in [-0.3, -0.25) is 10.2 Å². The van der Waals surface area contributed by atoms with Crippen LogP contribution in [0, 0.1) is 19.3 Å². The lowest BCUT2D eigenvalue weighted by molar-refractivity contribution is -0.114. The number of morpholine rings is 1. The highest BCUT2D eigenvalue weighted by Gasteiger charge is 2.37. The first-order chi connectivity index (χ1) is 16.5. The molecule has 1 amide bonds. The summed E-state index contributed by atoms with van der Waals surface area (Å²) in [5.41, 5.74) is 4.09. The van der Waals surface area contributed by atoms with Gasteiger partial charge in [0.2, 0.25) is 5.17 Å². The Morgan fingerprint density at radius 1 is 1.18 bits per heavy atom. The molecule has 0 atom stereocenters. The number of fused-ring (bicyclic) bond motifs is 1. The van der Waals surface area contributed by atoms with Crippen molar-refractivity contribution in [1.82, 2.24) is 14.5 Å². The van der Waals surface area contributed by atoms with E-state index < -0.39 is 5.91 Å². The molecule has 34 heavy (non-hydrogen) atoms. The summed E-state index contributed by atoms with van der Waals surface area (Å²) in [7, 11) is 0. The van der Waals surface area contributed by atoms with Gasteiger partial charge in [0.1, 0.15) is 5.75 Å². The zero-order valence-electron chi connectivity index (χ0n) is 19.4. The van der Waals surface area contributed by atoms with Gasteiger partial charge in [-0.05, 0) is 74.5 Å². The van der Waals surface area contributed by atoms with Crippen LogP contribution in [0.3, 0.4) is 0 Å². The Hall–Kier alpha value is -3.37. The second-order valence-electron chi connectivity index (χ2n) is 8.09. The number of ether oxygens (including phenoxy) is 2. The molecule has 3 aliphatic rings. The van der Waals surface area contributed by atoms with E-state index in [4.69, 9.17) is 14.9 Å². The Balaban J connectivity index is 1.44. The highest BCUT2D eigenvalue weighted by molar-refractivity contribution is 8.26. The minimum Gasteiger partial charge on any atom is -0.494 e. The summed E-state index contributed by atoms with van der Waals surface area (Å²) in [5, 5.41) is 15.9. The summed E-state index contributed by atoms with van der Waals surface area (Å²) in [6, 6.07) is 9.92. The van der Waals surface area contributed by atoms with Crippen LogP contribution in [0.2, 0.25) is 0 Å². The number of thioether (sulfide) groups is 1. The normalized spacial score (nSPS) is 19.4. The molecule has 1 saturated heterocycles. The average Bonchev–Trinajstić information content (AvgIpc) is 3.38. The molecule has 0 radical (unpaired) electrons. The van der Waals surface area contributed by atoms with Crippen molar-refractivity contribution in [2.75, 3.05) is 32.9 Å². The number of aliphatic imine (C=N–C) groups is 1. The van der Waals surface area contributed by atoms with Crippen LogP contribution in [0.1, 0.15) is 23.9 Å². The number of aromatic nitrogens is 1. The van der Waals surface area contributed by atoms with Crippen molar-refractivity contribution in [3.63, 3.8) is 0 Å². The topological polar surface area (TPSA) is 95.5 Å². The average molecular weight is 479 g/mol. The number of nitrogens with one attached hydrogen (secondary N) is 1. The van der Waals surface area contributed by atoms with Gasteiger partial charge in [-0.15, -0.1) is 5.10 Å². The lowest BCUT2D eigenvalue weighted by atomic mass is 10.1. The number of rotatable bonds is 4. The standard InChI is InChI=1S/C24H26N6O3S/c1-4-33-19-7-5-18(6-8-19)29-15(2)13-17(16(29)3)14-20-21(25)30-23(26-22(20)31)34-24(27-30)28-9-11-32-12-10-28/h5-8,13-14,25H,4,9-12H2,1-3H3/b20-14+,25-21?. The highest BCUT2D eigenvalue weighted by atomic mass is 32.2. The second kappa shape index (κ2) is 9.11. The highest BCUT2D eigenvalue weighted by Crippen LogP contribution is 2.31. The van der Waals surface area contributed by atoms with Crippen molar-refractivity contribution in [1.29, 1.82) is 5.41 Å². The van der Waals surface area contributed by atoms with Crippen LogP contribution in [0.25, 0.3) is 11.8 Å². The fourth-order valence-corrected chi connectivity index (χ4v) is 5.15. The molecule has 10 heteroatoms. The Labute approximate surface area is 202 Å². The second-order valence-corrected chi connectivity index (χ2v) is 9.03. The summed E-state index contributed by atoms with van der Waals surface area (Å²) in [6.45, 7) is 9.34. The molecule has 0 unspecified atom stereocenters. The molecule has 5 rings (SSSR count). The van der Waals surface area contributed by atoms with E-state index in [1.807, 2.05) is 51.1 Å². The molecule has 1 aromatic carbocycles. The van der Waals surface area contributed by atoms with E-state index in [2.05, 4.69) is 19.6 Å². The predicted molar refractivity (Wildman–Crippen MR) is 134 cm³/mol. The lowest BCUT2D eigenvalue weighted by Gasteiger charge is -2.26. The number of nitrogens with zero attached hydrogens (tertiary/aromatic N) is 5. The zero-order valence-corrected chi connectivity index (χ0v) is 20.2. The van der Waals surface area contributed by atoms with Gasteiger partial charge in [0.25, 0.3) is 5.91 Å². The Kier molecular flexibility index (Phi) is 6.01. The summed E-state index contributed by atoms with van der Waals surface area (Å²) in [6.07, 6.45) is 1.74. The van der Waals surface area contributed by atoms with Crippen molar-refractivity contribution in [3.8, 4) is 11.4 Å². The summed E-state index contributed by atoms with van der Waals surface area (Å²) in [4.78, 5) is 19.2. The third-order valence-corrected chi connectivity index (χ3v) is 6.87. The Bertz CT molecular complexity index is 1240. The van der Waals surface area contributed by atoms with Crippen LogP contribution >= 0.6 is 11.8 Å². The first-order valence-electron chi connectivity index (χ1n) is 11.2. The number of aryl methyl sites for hydroxylation is 1.